The molecule has 0 amide bonds. The Kier molecular flexibility index (Phi) is 2.17. The van der Waals surface area contributed by atoms with E-state index in [2.05, 4.69) is 26.0 Å². The molecule has 0 aromatic heterocycles. The zero-order chi connectivity index (χ0) is 11.3. The number of ketones is 1. The summed E-state index contributed by atoms with van der Waals surface area (Å²) in [6.07, 6.45) is 3.68. The van der Waals surface area contributed by atoms with Gasteiger partial charge in [-0.25, -0.2) is 0 Å². The highest BCUT2D eigenvalue weighted by molar-refractivity contribution is 5.98. The van der Waals surface area contributed by atoms with Crippen LogP contribution >= 0.6 is 0 Å². The smallest absolute Gasteiger partial charge is 0.165 e. The Balaban J connectivity index is 1.80. The molecule has 1 aromatic carbocycles. The average molecular weight is 214 g/mol. The van der Waals surface area contributed by atoms with E-state index in [-0.39, 0.29) is 0 Å². The Morgan fingerprint density at radius 3 is 2.38 bits per heavy atom. The van der Waals surface area contributed by atoms with Gasteiger partial charge in [-0.1, -0.05) is 12.1 Å². The SMILES string of the molecule is Cc1ccc(C(=O)C2CC3CC3C2)cc1C. The van der Waals surface area contributed by atoms with E-state index in [0.29, 0.717) is 11.7 Å². The van der Waals surface area contributed by atoms with Crippen LogP contribution in [-0.4, -0.2) is 5.78 Å². The van der Waals surface area contributed by atoms with Crippen LogP contribution in [0.15, 0.2) is 18.2 Å². The standard InChI is InChI=1S/C15H18O/c1-9-3-4-11(5-10(9)2)15(16)14-7-12-6-13(12)8-14/h3-5,12-14H,6-8H2,1-2H3. The summed E-state index contributed by atoms with van der Waals surface area (Å²) in [5, 5.41) is 0. The minimum Gasteiger partial charge on any atom is -0.294 e. The summed E-state index contributed by atoms with van der Waals surface area (Å²) in [4.78, 5) is 12.3. The van der Waals surface area contributed by atoms with Crippen molar-refractivity contribution in [2.75, 3.05) is 0 Å². The number of aryl methyl sites for hydroxylation is 2. The molecule has 0 radical (unpaired) electrons. The van der Waals surface area contributed by atoms with Crippen molar-refractivity contribution in [3.63, 3.8) is 0 Å². The van der Waals surface area contributed by atoms with Gasteiger partial charge in [-0.3, -0.25) is 4.79 Å². The molecule has 1 aromatic rings. The molecule has 0 aliphatic heterocycles. The quantitative estimate of drug-likeness (QED) is 0.688. The molecule has 84 valence electrons. The molecule has 2 atom stereocenters. The highest BCUT2D eigenvalue weighted by Gasteiger charge is 2.47. The fraction of sp³-hybridized carbons (Fsp3) is 0.533. The largest absolute Gasteiger partial charge is 0.294 e. The van der Waals surface area contributed by atoms with Crippen LogP contribution in [0.25, 0.3) is 0 Å². The summed E-state index contributed by atoms with van der Waals surface area (Å²) in [7, 11) is 0. The number of hydrogen-bond donors (Lipinski definition) is 0. The van der Waals surface area contributed by atoms with Gasteiger partial charge in [0.25, 0.3) is 0 Å². The molecule has 1 nitrogen and oxygen atoms in total. The van der Waals surface area contributed by atoms with Crippen molar-refractivity contribution >= 4 is 5.78 Å². The fourth-order valence-corrected chi connectivity index (χ4v) is 3.06. The number of hydrogen-bond acceptors (Lipinski definition) is 1. The maximum atomic E-state index is 12.3. The van der Waals surface area contributed by atoms with E-state index in [1.54, 1.807) is 0 Å². The highest BCUT2D eigenvalue weighted by atomic mass is 16.1. The molecular formula is C15H18O. The molecule has 0 N–H and O–H groups in total. The van der Waals surface area contributed by atoms with Crippen LogP contribution < -0.4 is 0 Å². The van der Waals surface area contributed by atoms with Gasteiger partial charge < -0.3 is 0 Å². The highest BCUT2D eigenvalue weighted by Crippen LogP contribution is 2.54. The number of carbonyl (C=O) groups excluding carboxylic acids is 1. The van der Waals surface area contributed by atoms with Gasteiger partial charge in [-0.05, 0) is 62.1 Å². The molecular weight excluding hydrogens is 196 g/mol. The molecule has 2 aliphatic rings. The minimum atomic E-state index is 0.325. The van der Waals surface area contributed by atoms with Crippen LogP contribution in [0.5, 0.6) is 0 Å². The van der Waals surface area contributed by atoms with Crippen molar-refractivity contribution in [2.24, 2.45) is 17.8 Å². The Labute approximate surface area is 96.9 Å². The molecule has 2 fully saturated rings. The minimum absolute atomic E-state index is 0.325. The van der Waals surface area contributed by atoms with Crippen molar-refractivity contribution in [3.05, 3.63) is 34.9 Å². The monoisotopic (exact) mass is 214 g/mol. The van der Waals surface area contributed by atoms with Gasteiger partial charge in [0.15, 0.2) is 5.78 Å². The molecule has 0 spiro atoms. The average Bonchev–Trinajstić information content (AvgIpc) is 2.89. The van der Waals surface area contributed by atoms with E-state index in [9.17, 15) is 4.79 Å². The second kappa shape index (κ2) is 3.44. The zero-order valence-electron chi connectivity index (χ0n) is 9.99. The Morgan fingerprint density at radius 2 is 1.75 bits per heavy atom. The van der Waals surface area contributed by atoms with Crippen LogP contribution in [0.1, 0.15) is 40.7 Å². The maximum Gasteiger partial charge on any atom is 0.165 e. The van der Waals surface area contributed by atoms with Gasteiger partial charge in [0.05, 0.1) is 0 Å². The Hall–Kier alpha value is -1.11. The number of benzene rings is 1. The molecule has 16 heavy (non-hydrogen) atoms. The lowest BCUT2D eigenvalue weighted by Crippen LogP contribution is -2.13. The maximum absolute atomic E-state index is 12.3. The third kappa shape index (κ3) is 1.59. The molecule has 2 saturated carbocycles. The van der Waals surface area contributed by atoms with Crippen molar-refractivity contribution < 1.29 is 4.79 Å². The summed E-state index contributed by atoms with van der Waals surface area (Å²) in [6, 6.07) is 6.12. The Bertz CT molecular complexity index is 437. The summed E-state index contributed by atoms with van der Waals surface area (Å²) in [6.45, 7) is 4.17. The van der Waals surface area contributed by atoms with Gasteiger partial charge in [-0.2, -0.15) is 0 Å². The normalized spacial score (nSPS) is 31.2. The lowest BCUT2D eigenvalue weighted by Gasteiger charge is -2.11. The van der Waals surface area contributed by atoms with Crippen molar-refractivity contribution in [3.8, 4) is 0 Å². The van der Waals surface area contributed by atoms with E-state index < -0.39 is 0 Å². The second-order valence-electron chi connectivity index (χ2n) is 5.59. The second-order valence-corrected chi connectivity index (χ2v) is 5.59. The lowest BCUT2D eigenvalue weighted by molar-refractivity contribution is 0.0914. The summed E-state index contributed by atoms with van der Waals surface area (Å²) < 4.78 is 0. The summed E-state index contributed by atoms with van der Waals surface area (Å²) in [5.74, 6) is 2.49. The van der Waals surface area contributed by atoms with Crippen molar-refractivity contribution in [1.29, 1.82) is 0 Å². The first-order valence-corrected chi connectivity index (χ1v) is 6.26. The third-order valence-corrected chi connectivity index (χ3v) is 4.41. The van der Waals surface area contributed by atoms with Crippen LogP contribution in [-0.2, 0) is 0 Å². The topological polar surface area (TPSA) is 17.1 Å². The van der Waals surface area contributed by atoms with Crippen molar-refractivity contribution in [2.45, 2.75) is 33.1 Å². The first kappa shape index (κ1) is 10.1. The van der Waals surface area contributed by atoms with Crippen LogP contribution in [0.2, 0.25) is 0 Å². The van der Waals surface area contributed by atoms with E-state index in [0.717, 1.165) is 30.2 Å². The van der Waals surface area contributed by atoms with E-state index in [1.165, 1.54) is 17.5 Å². The molecule has 3 rings (SSSR count). The van der Waals surface area contributed by atoms with Crippen LogP contribution in [0, 0.1) is 31.6 Å². The van der Waals surface area contributed by atoms with Crippen LogP contribution in [0.4, 0.5) is 0 Å². The predicted octanol–water partition coefficient (Wildman–Crippen LogP) is 3.53. The lowest BCUT2D eigenvalue weighted by atomic mass is 9.92. The zero-order valence-corrected chi connectivity index (χ0v) is 9.99. The molecule has 0 saturated heterocycles. The number of carbonyl (C=O) groups is 1. The molecule has 0 heterocycles. The van der Waals surface area contributed by atoms with E-state index in [4.69, 9.17) is 0 Å². The molecule has 0 bridgehead atoms. The van der Waals surface area contributed by atoms with Gasteiger partial charge in [0, 0.05) is 11.5 Å². The molecule has 2 aliphatic carbocycles. The van der Waals surface area contributed by atoms with E-state index >= 15 is 0 Å². The molecule has 1 heteroatoms. The first-order valence-electron chi connectivity index (χ1n) is 6.26. The fourth-order valence-electron chi connectivity index (χ4n) is 3.06. The first-order chi connectivity index (χ1) is 7.65. The van der Waals surface area contributed by atoms with Gasteiger partial charge in [-0.15, -0.1) is 0 Å². The van der Waals surface area contributed by atoms with Gasteiger partial charge >= 0.3 is 0 Å². The third-order valence-electron chi connectivity index (χ3n) is 4.41. The Morgan fingerprint density at radius 1 is 1.06 bits per heavy atom. The summed E-state index contributed by atoms with van der Waals surface area (Å²) >= 11 is 0. The van der Waals surface area contributed by atoms with Gasteiger partial charge in [0.1, 0.15) is 0 Å². The predicted molar refractivity (Wildman–Crippen MR) is 64.6 cm³/mol. The van der Waals surface area contributed by atoms with Crippen molar-refractivity contribution in [1.82, 2.24) is 0 Å². The van der Waals surface area contributed by atoms with Crippen LogP contribution in [0.3, 0.4) is 0 Å². The number of fused-ring (bicyclic) bond motifs is 1. The van der Waals surface area contributed by atoms with E-state index in [1.807, 2.05) is 6.07 Å². The number of rotatable bonds is 2. The summed E-state index contributed by atoms with van der Waals surface area (Å²) in [5.41, 5.74) is 3.43. The number of Topliss-reactive ketones (excluding diaryl/α,β-unsaturated/α-hetero) is 1. The molecule has 2 unspecified atom stereocenters. The van der Waals surface area contributed by atoms with Gasteiger partial charge in [0.2, 0.25) is 0 Å².